The maximum atomic E-state index is 14.2. The average molecular weight is 406 g/mol. The van der Waals surface area contributed by atoms with Crippen LogP contribution in [0.25, 0.3) is 0 Å². The third-order valence-corrected chi connectivity index (χ3v) is 6.85. The second kappa shape index (κ2) is 8.38. The van der Waals surface area contributed by atoms with E-state index in [0.29, 0.717) is 32.6 Å². The summed E-state index contributed by atoms with van der Waals surface area (Å²) in [7, 11) is 0. The van der Waals surface area contributed by atoms with Crippen molar-refractivity contribution in [3.8, 4) is 0 Å². The molecule has 4 rings (SSSR count). The minimum absolute atomic E-state index is 0.00585. The van der Waals surface area contributed by atoms with Crippen molar-refractivity contribution >= 4 is 11.8 Å². The van der Waals surface area contributed by atoms with Crippen LogP contribution in [0.5, 0.6) is 0 Å². The van der Waals surface area contributed by atoms with Crippen molar-refractivity contribution in [3.05, 3.63) is 35.4 Å². The van der Waals surface area contributed by atoms with Gasteiger partial charge in [0.2, 0.25) is 5.91 Å². The summed E-state index contributed by atoms with van der Waals surface area (Å²) in [6, 6.07) is 3.19. The number of likely N-dealkylation sites (tertiary alicyclic amines) is 1. The molecule has 158 valence electrons. The van der Waals surface area contributed by atoms with Gasteiger partial charge in [0.05, 0.1) is 11.5 Å². The van der Waals surface area contributed by atoms with E-state index in [9.17, 15) is 18.4 Å². The predicted octanol–water partition coefficient (Wildman–Crippen LogP) is 3.28. The van der Waals surface area contributed by atoms with Crippen LogP contribution in [0.4, 0.5) is 8.78 Å². The molecule has 1 N–H and O–H groups in total. The number of nitrogens with one attached hydrogen (secondary N) is 1. The fraction of sp³-hybridized carbons (Fsp3) is 0.636. The van der Waals surface area contributed by atoms with Crippen LogP contribution in [0, 0.1) is 23.0 Å². The molecule has 0 radical (unpaired) electrons. The highest BCUT2D eigenvalue weighted by Gasteiger charge is 2.52. The first kappa shape index (κ1) is 20.3. The van der Waals surface area contributed by atoms with E-state index in [2.05, 4.69) is 5.32 Å². The molecule has 2 amide bonds. The first-order chi connectivity index (χ1) is 14.0. The molecule has 7 heteroatoms. The molecule has 5 nitrogen and oxygen atoms in total. The normalized spacial score (nSPS) is 24.6. The molecule has 1 aromatic rings. The Morgan fingerprint density at radius 2 is 1.83 bits per heavy atom. The van der Waals surface area contributed by atoms with Crippen molar-refractivity contribution in [3.63, 3.8) is 0 Å². The minimum atomic E-state index is -0.869. The summed E-state index contributed by atoms with van der Waals surface area (Å²) in [5, 5.41) is 3.21. The Kier molecular flexibility index (Phi) is 5.86. The number of ether oxygens (including phenoxy) is 1. The quantitative estimate of drug-likeness (QED) is 0.838. The summed E-state index contributed by atoms with van der Waals surface area (Å²) in [5.41, 5.74) is -0.495. The van der Waals surface area contributed by atoms with E-state index in [1.807, 2.05) is 0 Å². The van der Waals surface area contributed by atoms with E-state index in [-0.39, 0.29) is 35.4 Å². The number of carbonyl (C=O) groups is 2. The highest BCUT2D eigenvalue weighted by molar-refractivity contribution is 5.95. The molecule has 2 aliphatic heterocycles. The molecule has 29 heavy (non-hydrogen) atoms. The zero-order valence-corrected chi connectivity index (χ0v) is 16.6. The van der Waals surface area contributed by atoms with Crippen LogP contribution >= 0.6 is 0 Å². The molecule has 1 aliphatic carbocycles. The van der Waals surface area contributed by atoms with Gasteiger partial charge < -0.3 is 15.0 Å². The molecule has 0 bridgehead atoms. The zero-order chi connectivity index (χ0) is 20.4. The molecule has 1 aromatic carbocycles. The standard InChI is InChI=1S/C22H28F2N2O3/c23-15-6-7-17(19(24)12-15)21(28)26-13-18(22(14-26)8-10-29-11-9-22)20(27)25-16-4-2-1-3-5-16/h6-7,12,16,18H,1-5,8-11,13-14H2,(H,25,27). The Bertz CT molecular complexity index is 773. The number of hydrogen-bond donors (Lipinski definition) is 1. The predicted molar refractivity (Wildman–Crippen MR) is 103 cm³/mol. The van der Waals surface area contributed by atoms with Crippen LogP contribution in [-0.4, -0.2) is 49.1 Å². The molecule has 1 unspecified atom stereocenters. The lowest BCUT2D eigenvalue weighted by molar-refractivity contribution is -0.130. The summed E-state index contributed by atoms with van der Waals surface area (Å²) in [6.45, 7) is 1.77. The van der Waals surface area contributed by atoms with E-state index < -0.39 is 17.5 Å². The Labute approximate surface area is 169 Å². The smallest absolute Gasteiger partial charge is 0.256 e. The molecule has 3 fully saturated rings. The summed E-state index contributed by atoms with van der Waals surface area (Å²) in [6.07, 6.45) is 6.86. The lowest BCUT2D eigenvalue weighted by atomic mass is 9.71. The van der Waals surface area contributed by atoms with Gasteiger partial charge >= 0.3 is 0 Å². The van der Waals surface area contributed by atoms with Gasteiger partial charge in [-0.05, 0) is 37.8 Å². The van der Waals surface area contributed by atoms with E-state index >= 15 is 0 Å². The summed E-state index contributed by atoms with van der Waals surface area (Å²) < 4.78 is 32.9. The van der Waals surface area contributed by atoms with E-state index in [1.54, 1.807) is 4.90 Å². The van der Waals surface area contributed by atoms with E-state index in [0.717, 1.165) is 37.8 Å². The van der Waals surface area contributed by atoms with Gasteiger partial charge in [0, 0.05) is 43.8 Å². The van der Waals surface area contributed by atoms with Crippen molar-refractivity contribution in [1.29, 1.82) is 0 Å². The van der Waals surface area contributed by atoms with Crippen LogP contribution in [0.15, 0.2) is 18.2 Å². The van der Waals surface area contributed by atoms with Gasteiger partial charge in [-0.2, -0.15) is 0 Å². The van der Waals surface area contributed by atoms with Crippen LogP contribution in [0.1, 0.15) is 55.3 Å². The van der Waals surface area contributed by atoms with Gasteiger partial charge in [0.25, 0.3) is 5.91 Å². The van der Waals surface area contributed by atoms with E-state index in [1.165, 1.54) is 12.5 Å². The van der Waals surface area contributed by atoms with Crippen molar-refractivity contribution in [1.82, 2.24) is 10.2 Å². The second-order valence-corrected chi connectivity index (χ2v) is 8.68. The van der Waals surface area contributed by atoms with Gasteiger partial charge in [-0.15, -0.1) is 0 Å². The summed E-state index contributed by atoms with van der Waals surface area (Å²) >= 11 is 0. The van der Waals surface area contributed by atoms with Crippen LogP contribution < -0.4 is 5.32 Å². The zero-order valence-electron chi connectivity index (χ0n) is 16.6. The average Bonchev–Trinajstić information content (AvgIpc) is 3.07. The maximum Gasteiger partial charge on any atom is 0.256 e. The fourth-order valence-corrected chi connectivity index (χ4v) is 5.15. The van der Waals surface area contributed by atoms with Gasteiger partial charge in [-0.1, -0.05) is 19.3 Å². The van der Waals surface area contributed by atoms with Crippen LogP contribution in [0.3, 0.4) is 0 Å². The molecule has 3 aliphatic rings. The van der Waals surface area contributed by atoms with Crippen LogP contribution in [-0.2, 0) is 9.53 Å². The largest absolute Gasteiger partial charge is 0.381 e. The van der Waals surface area contributed by atoms with Gasteiger partial charge in [0.15, 0.2) is 0 Å². The molecule has 1 spiro atoms. The van der Waals surface area contributed by atoms with Crippen molar-refractivity contribution in [2.24, 2.45) is 11.3 Å². The Morgan fingerprint density at radius 3 is 2.52 bits per heavy atom. The third kappa shape index (κ3) is 4.15. The van der Waals surface area contributed by atoms with Gasteiger partial charge in [0.1, 0.15) is 11.6 Å². The number of benzene rings is 1. The van der Waals surface area contributed by atoms with Gasteiger partial charge in [-0.3, -0.25) is 9.59 Å². The van der Waals surface area contributed by atoms with Crippen molar-refractivity contribution in [2.45, 2.75) is 51.0 Å². The Balaban J connectivity index is 1.53. The van der Waals surface area contributed by atoms with Gasteiger partial charge in [-0.25, -0.2) is 8.78 Å². The number of halogens is 2. The Hall–Kier alpha value is -2.02. The molecule has 2 heterocycles. The topological polar surface area (TPSA) is 58.6 Å². The molecular weight excluding hydrogens is 378 g/mol. The molecular formula is C22H28F2N2O3. The first-order valence-electron chi connectivity index (χ1n) is 10.6. The van der Waals surface area contributed by atoms with E-state index in [4.69, 9.17) is 4.74 Å². The highest BCUT2D eigenvalue weighted by atomic mass is 19.1. The second-order valence-electron chi connectivity index (χ2n) is 8.68. The number of nitrogens with zero attached hydrogens (tertiary/aromatic N) is 1. The van der Waals surface area contributed by atoms with Crippen molar-refractivity contribution < 1.29 is 23.1 Å². The first-order valence-corrected chi connectivity index (χ1v) is 10.6. The highest BCUT2D eigenvalue weighted by Crippen LogP contribution is 2.45. The number of amides is 2. The SMILES string of the molecule is O=C(NC1CCCCC1)C1CN(C(=O)c2ccc(F)cc2F)CC12CCOCC2. The van der Waals surface area contributed by atoms with Crippen molar-refractivity contribution in [2.75, 3.05) is 26.3 Å². The lowest BCUT2D eigenvalue weighted by Gasteiger charge is -2.37. The monoisotopic (exact) mass is 406 g/mol. The fourth-order valence-electron chi connectivity index (χ4n) is 5.15. The lowest BCUT2D eigenvalue weighted by Crippen LogP contribution is -2.47. The molecule has 1 saturated carbocycles. The molecule has 0 aromatic heterocycles. The summed E-state index contributed by atoms with van der Waals surface area (Å²) in [5.74, 6) is -2.41. The summed E-state index contributed by atoms with van der Waals surface area (Å²) in [4.78, 5) is 27.7. The van der Waals surface area contributed by atoms with Crippen LogP contribution in [0.2, 0.25) is 0 Å². The molecule has 2 saturated heterocycles. The number of carbonyl (C=O) groups excluding carboxylic acids is 2. The number of hydrogen-bond acceptors (Lipinski definition) is 3. The Morgan fingerprint density at radius 1 is 1.10 bits per heavy atom. The molecule has 1 atom stereocenters. The maximum absolute atomic E-state index is 14.2. The minimum Gasteiger partial charge on any atom is -0.381 e. The number of rotatable bonds is 3. The third-order valence-electron chi connectivity index (χ3n) is 6.85.